The number of rotatable bonds is 0. The van der Waals surface area contributed by atoms with Gasteiger partial charge in [-0.25, -0.2) is 9.86 Å². The van der Waals surface area contributed by atoms with Gasteiger partial charge >= 0.3 is 5.97 Å². The number of aliphatic hydroxyl groups is 2. The van der Waals surface area contributed by atoms with Gasteiger partial charge in [-0.05, 0) is 64.2 Å². The summed E-state index contributed by atoms with van der Waals surface area (Å²) < 4.78 is 0. The highest BCUT2D eigenvalue weighted by Crippen LogP contribution is 2.11. The molecule has 2 heterocycles. The number of hydrogen-bond donors (Lipinski definition) is 7. The van der Waals surface area contributed by atoms with Gasteiger partial charge in [-0.15, -0.1) is 0 Å². The van der Waals surface area contributed by atoms with Gasteiger partial charge in [0.05, 0.1) is 31.7 Å². The Hall–Kier alpha value is -4.36. The van der Waals surface area contributed by atoms with E-state index < -0.39 is 47.7 Å². The van der Waals surface area contributed by atoms with E-state index in [0.717, 1.165) is 5.06 Å². The van der Waals surface area contributed by atoms with Crippen LogP contribution in [0.5, 0.6) is 0 Å². The molecule has 2 aliphatic rings. The summed E-state index contributed by atoms with van der Waals surface area (Å²) in [5.74, 6) is -4.05. The third kappa shape index (κ3) is 22.0. The molecule has 19 heteroatoms. The second kappa shape index (κ2) is 27.3. The van der Waals surface area contributed by atoms with Gasteiger partial charge in [0, 0.05) is 84.2 Å². The summed E-state index contributed by atoms with van der Waals surface area (Å²) in [6.45, 7) is 0.663. The van der Waals surface area contributed by atoms with Crippen LogP contribution in [-0.4, -0.2) is 142 Å². The van der Waals surface area contributed by atoms with E-state index in [9.17, 15) is 53.8 Å². The normalized spacial score (nSPS) is 24.4. The summed E-state index contributed by atoms with van der Waals surface area (Å²) in [4.78, 5) is 108. The van der Waals surface area contributed by atoms with E-state index in [1.165, 1.54) is 4.90 Å². The molecule has 2 aliphatic heterocycles. The summed E-state index contributed by atoms with van der Waals surface area (Å²) in [6, 6.07) is 0. The highest BCUT2D eigenvalue weighted by molar-refractivity contribution is 5.87. The Bertz CT molecular complexity index is 1270. The first-order chi connectivity index (χ1) is 26.3. The van der Waals surface area contributed by atoms with Crippen LogP contribution in [0.1, 0.15) is 116 Å². The van der Waals surface area contributed by atoms with Crippen LogP contribution in [0.25, 0.3) is 0 Å². The van der Waals surface area contributed by atoms with E-state index in [2.05, 4.69) is 21.3 Å². The molecule has 2 bridgehead atoms. The minimum absolute atomic E-state index is 0.0304. The lowest BCUT2D eigenvalue weighted by Crippen LogP contribution is -2.43. The number of aliphatic hydroxyl groups excluding tert-OH is 2. The third-order valence-corrected chi connectivity index (χ3v) is 9.08. The minimum atomic E-state index is -1.17. The van der Waals surface area contributed by atoms with Crippen LogP contribution in [0, 0.1) is 0 Å². The number of β-amino-alcohol motifs (C(OH)–C–C–N with tert-alkyl or cyclic N) is 1. The van der Waals surface area contributed by atoms with E-state index in [4.69, 9.17) is 4.84 Å². The van der Waals surface area contributed by atoms with E-state index in [0.29, 0.717) is 82.5 Å². The Morgan fingerprint density at radius 1 is 0.509 bits per heavy atom. The Kier molecular flexibility index (Phi) is 23.2. The first-order valence-electron chi connectivity index (χ1n) is 19.5. The van der Waals surface area contributed by atoms with Crippen molar-refractivity contribution in [2.24, 2.45) is 0 Å². The van der Waals surface area contributed by atoms with Gasteiger partial charge in [0.15, 0.2) is 0 Å². The van der Waals surface area contributed by atoms with Crippen LogP contribution in [0.15, 0.2) is 0 Å². The largest absolute Gasteiger partial charge is 0.393 e. The highest BCUT2D eigenvalue weighted by Gasteiger charge is 2.23. The van der Waals surface area contributed by atoms with Crippen LogP contribution < -0.4 is 21.3 Å². The number of nitrogens with one attached hydrogen (secondary N) is 4. The average Bonchev–Trinajstić information content (AvgIpc) is 3.15. The zero-order valence-corrected chi connectivity index (χ0v) is 31.9. The first-order valence-corrected chi connectivity index (χ1v) is 19.5. The van der Waals surface area contributed by atoms with E-state index in [-0.39, 0.29) is 102 Å². The van der Waals surface area contributed by atoms with Crippen molar-refractivity contribution in [3.05, 3.63) is 0 Å². The molecule has 0 saturated carbocycles. The lowest BCUT2D eigenvalue weighted by atomic mass is 10.1. The Morgan fingerprint density at radius 3 is 1.60 bits per heavy atom. The van der Waals surface area contributed by atoms with Gasteiger partial charge in [-0.1, -0.05) is 0 Å². The molecule has 19 nitrogen and oxygen atoms in total. The second-order valence-electron chi connectivity index (χ2n) is 13.9. The average molecular weight is 784 g/mol. The van der Waals surface area contributed by atoms with Crippen molar-refractivity contribution < 1.29 is 58.6 Å². The smallest absolute Gasteiger partial charge is 0.332 e. The van der Waals surface area contributed by atoms with Crippen molar-refractivity contribution in [3.8, 4) is 0 Å². The summed E-state index contributed by atoms with van der Waals surface area (Å²) >= 11 is 0. The van der Waals surface area contributed by atoms with Crippen LogP contribution in [0.4, 0.5) is 0 Å². The molecule has 0 spiro atoms. The molecule has 7 amide bonds. The fourth-order valence-electron chi connectivity index (χ4n) is 5.81. The van der Waals surface area contributed by atoms with Gasteiger partial charge in [0.2, 0.25) is 35.4 Å². The number of nitrogens with zero attached hydrogens (tertiary/aromatic N) is 3. The van der Waals surface area contributed by atoms with Crippen LogP contribution in [0.3, 0.4) is 0 Å². The van der Waals surface area contributed by atoms with E-state index >= 15 is 0 Å². The van der Waals surface area contributed by atoms with Gasteiger partial charge < -0.3 is 41.2 Å². The fraction of sp³-hybridized carbons (Fsp3) is 0.778. The van der Waals surface area contributed by atoms with Crippen molar-refractivity contribution in [3.63, 3.8) is 0 Å². The number of carbonyl (C=O) groups excluding carboxylic acids is 8. The fourth-order valence-corrected chi connectivity index (χ4v) is 5.81. The maximum atomic E-state index is 13.1. The van der Waals surface area contributed by atoms with Gasteiger partial charge in [0.25, 0.3) is 5.91 Å². The molecule has 0 aliphatic carbocycles. The quantitative estimate of drug-likeness (QED) is 0.154. The molecule has 2 rings (SSSR count). The number of amides is 7. The van der Waals surface area contributed by atoms with E-state index in [1.54, 1.807) is 0 Å². The maximum absolute atomic E-state index is 13.1. The molecule has 0 aromatic heterocycles. The Morgan fingerprint density at radius 2 is 1.02 bits per heavy atom. The van der Waals surface area contributed by atoms with Crippen molar-refractivity contribution in [2.75, 3.05) is 52.4 Å². The zero-order chi connectivity index (χ0) is 40.4. The molecule has 2 saturated heterocycles. The lowest BCUT2D eigenvalue weighted by molar-refractivity contribution is -0.199. The molecule has 0 aromatic carbocycles. The van der Waals surface area contributed by atoms with Gasteiger partial charge in [0.1, 0.15) is 0 Å². The predicted octanol–water partition coefficient (Wildman–Crippen LogP) is -0.445. The Labute approximate surface area is 322 Å². The molecular weight excluding hydrogens is 722 g/mol. The second-order valence-corrected chi connectivity index (χ2v) is 13.9. The van der Waals surface area contributed by atoms with E-state index in [1.807, 2.05) is 0 Å². The van der Waals surface area contributed by atoms with Crippen molar-refractivity contribution in [1.82, 2.24) is 36.3 Å². The summed E-state index contributed by atoms with van der Waals surface area (Å²) in [5.41, 5.74) is 0. The molecule has 2 atom stereocenters. The molecule has 55 heavy (non-hydrogen) atoms. The maximum Gasteiger partial charge on any atom is 0.332 e. The van der Waals surface area contributed by atoms with Gasteiger partial charge in [-0.2, -0.15) is 5.06 Å². The Balaban J connectivity index is 2.17. The topological polar surface area (TPSA) is 264 Å². The first kappa shape index (κ1) is 46.8. The van der Waals surface area contributed by atoms with Crippen LogP contribution in [-0.2, 0) is 43.2 Å². The summed E-state index contributed by atoms with van der Waals surface area (Å²) in [6.07, 6.45) is 0.945. The SMILES string of the molecule is O=C1CCC(=O)N(O)CCCCCNC(=O)CCC(=O)N2CCCCCNC(=O)CCC(=O)N(CCCCCN1)CC(=O)NC[C@@H](O)C[C@@H](O)CCC(=O)O2. The zero-order valence-electron chi connectivity index (χ0n) is 31.9. The predicted molar refractivity (Wildman–Crippen MR) is 195 cm³/mol. The molecule has 0 aromatic rings. The number of hydrogen-bond acceptors (Lipinski definition) is 12. The third-order valence-electron chi connectivity index (χ3n) is 9.08. The van der Waals surface area contributed by atoms with Crippen LogP contribution >= 0.6 is 0 Å². The van der Waals surface area contributed by atoms with Crippen molar-refractivity contribution in [2.45, 2.75) is 128 Å². The molecular formula is C36H61N7O12. The molecule has 0 unspecified atom stereocenters. The monoisotopic (exact) mass is 783 g/mol. The van der Waals surface area contributed by atoms with Crippen LogP contribution in [0.2, 0.25) is 0 Å². The molecule has 7 N–H and O–H groups in total. The number of hydroxylamine groups is 4. The van der Waals surface area contributed by atoms with Gasteiger partial charge in [-0.3, -0.25) is 38.8 Å². The molecule has 2 fully saturated rings. The summed E-state index contributed by atoms with van der Waals surface area (Å²) in [7, 11) is 0. The number of fused-ring (bicyclic) bond motifs is 11. The molecule has 0 radical (unpaired) electrons. The number of carbonyl (C=O) groups is 8. The lowest BCUT2D eigenvalue weighted by Gasteiger charge is -2.23. The minimum Gasteiger partial charge on any atom is -0.393 e. The van der Waals surface area contributed by atoms with Crippen molar-refractivity contribution in [1.29, 1.82) is 0 Å². The molecule has 312 valence electrons. The summed E-state index contributed by atoms with van der Waals surface area (Å²) in [5, 5.41) is 43.2. The highest BCUT2D eigenvalue weighted by atomic mass is 16.7. The van der Waals surface area contributed by atoms with Crippen molar-refractivity contribution >= 4 is 47.3 Å². The standard InChI is InChI=1S/C36H61N7O12/c44-27-10-17-36(53)55-43-23-9-3-6-20-37-29(46)11-14-33(50)41(26-32(49)40-25-28(45)24-27)21-7-1-4-18-38-30(47)12-15-34(51)42(54)22-8-2-5-19-39-31(48)13-16-35(43)52/h27-28,44-45,54H,1-26H2,(H,37,46)(H,38,47)(H,39,48)(H,40,49)/t27-,28-/m0/s1.